The van der Waals surface area contributed by atoms with Gasteiger partial charge in [-0.15, -0.1) is 0 Å². The van der Waals surface area contributed by atoms with E-state index in [0.29, 0.717) is 11.3 Å². The molecular formula is C12H9N5O. The Hall–Kier alpha value is -2.94. The standard InChI is InChI=1S/C12H9N5O/c13-5-8-3-1-2-4-9(8)17-12(18)10-6-15-7-11(14)16-10/h1-4,6-7H,(H2,14,16)(H,17,18). The van der Waals surface area contributed by atoms with Crippen molar-refractivity contribution >= 4 is 17.4 Å². The minimum Gasteiger partial charge on any atom is -0.382 e. The molecule has 6 nitrogen and oxygen atoms in total. The van der Waals surface area contributed by atoms with Gasteiger partial charge in [-0.25, -0.2) is 4.98 Å². The summed E-state index contributed by atoms with van der Waals surface area (Å²) in [6, 6.07) is 8.68. The second-order valence-electron chi connectivity index (χ2n) is 3.44. The van der Waals surface area contributed by atoms with Gasteiger partial charge in [0.1, 0.15) is 17.6 Å². The van der Waals surface area contributed by atoms with Crippen LogP contribution in [-0.2, 0) is 0 Å². The molecule has 88 valence electrons. The minimum absolute atomic E-state index is 0.0998. The van der Waals surface area contributed by atoms with Gasteiger partial charge in [0.2, 0.25) is 0 Å². The largest absolute Gasteiger partial charge is 0.382 e. The van der Waals surface area contributed by atoms with Gasteiger partial charge in [0.15, 0.2) is 0 Å². The van der Waals surface area contributed by atoms with Crippen LogP contribution in [0, 0.1) is 11.3 Å². The van der Waals surface area contributed by atoms with E-state index in [0.717, 1.165) is 0 Å². The number of hydrogen-bond donors (Lipinski definition) is 2. The third kappa shape index (κ3) is 2.41. The summed E-state index contributed by atoms with van der Waals surface area (Å²) in [6.07, 6.45) is 2.65. The van der Waals surface area contributed by atoms with Gasteiger partial charge in [-0.05, 0) is 12.1 Å². The Kier molecular flexibility index (Phi) is 3.16. The maximum absolute atomic E-state index is 11.9. The van der Waals surface area contributed by atoms with Crippen molar-refractivity contribution in [2.24, 2.45) is 0 Å². The number of aromatic nitrogens is 2. The Bertz CT molecular complexity index is 632. The van der Waals surface area contributed by atoms with Crippen LogP contribution in [0.5, 0.6) is 0 Å². The van der Waals surface area contributed by atoms with Crippen LogP contribution < -0.4 is 11.1 Å². The molecule has 0 bridgehead atoms. The van der Waals surface area contributed by atoms with Crippen molar-refractivity contribution in [1.29, 1.82) is 5.26 Å². The van der Waals surface area contributed by atoms with E-state index in [4.69, 9.17) is 11.0 Å². The smallest absolute Gasteiger partial charge is 0.275 e. The van der Waals surface area contributed by atoms with Crippen molar-refractivity contribution in [1.82, 2.24) is 9.97 Å². The first-order valence-electron chi connectivity index (χ1n) is 5.08. The molecule has 0 radical (unpaired) electrons. The monoisotopic (exact) mass is 239 g/mol. The van der Waals surface area contributed by atoms with Crippen molar-refractivity contribution in [2.75, 3.05) is 11.1 Å². The van der Waals surface area contributed by atoms with Crippen LogP contribution in [0.1, 0.15) is 16.1 Å². The van der Waals surface area contributed by atoms with E-state index < -0.39 is 5.91 Å². The highest BCUT2D eigenvalue weighted by Gasteiger charge is 2.10. The zero-order valence-corrected chi connectivity index (χ0v) is 9.29. The van der Waals surface area contributed by atoms with Gasteiger partial charge in [-0.1, -0.05) is 12.1 Å². The number of carbonyl (C=O) groups excluding carboxylic acids is 1. The fourth-order valence-corrected chi connectivity index (χ4v) is 1.37. The highest BCUT2D eigenvalue weighted by molar-refractivity contribution is 6.03. The zero-order valence-electron chi connectivity index (χ0n) is 9.29. The molecule has 2 rings (SSSR count). The van der Waals surface area contributed by atoms with Gasteiger partial charge >= 0.3 is 0 Å². The molecule has 0 saturated heterocycles. The van der Waals surface area contributed by atoms with Crippen LogP contribution in [0.15, 0.2) is 36.7 Å². The number of rotatable bonds is 2. The molecule has 1 amide bonds. The van der Waals surface area contributed by atoms with E-state index in [1.54, 1.807) is 24.3 Å². The minimum atomic E-state index is -0.461. The van der Waals surface area contributed by atoms with Gasteiger partial charge in [-0.3, -0.25) is 9.78 Å². The fraction of sp³-hybridized carbons (Fsp3) is 0. The fourth-order valence-electron chi connectivity index (χ4n) is 1.37. The predicted molar refractivity (Wildman–Crippen MR) is 65.6 cm³/mol. The first-order valence-corrected chi connectivity index (χ1v) is 5.08. The highest BCUT2D eigenvalue weighted by Crippen LogP contribution is 2.14. The lowest BCUT2D eigenvalue weighted by Gasteiger charge is -2.06. The Labute approximate surface area is 103 Å². The summed E-state index contributed by atoms with van der Waals surface area (Å²) in [5.41, 5.74) is 6.34. The molecule has 18 heavy (non-hydrogen) atoms. The molecule has 0 saturated carbocycles. The maximum Gasteiger partial charge on any atom is 0.275 e. The van der Waals surface area contributed by atoms with E-state index in [1.807, 2.05) is 6.07 Å². The van der Waals surface area contributed by atoms with E-state index in [1.165, 1.54) is 12.4 Å². The topological polar surface area (TPSA) is 105 Å². The first kappa shape index (κ1) is 11.5. The van der Waals surface area contributed by atoms with Crippen LogP contribution in [0.25, 0.3) is 0 Å². The molecule has 0 atom stereocenters. The maximum atomic E-state index is 11.9. The van der Waals surface area contributed by atoms with Crippen molar-refractivity contribution in [3.8, 4) is 6.07 Å². The summed E-state index contributed by atoms with van der Waals surface area (Å²) in [7, 11) is 0. The quantitative estimate of drug-likeness (QED) is 0.818. The van der Waals surface area contributed by atoms with Gasteiger partial charge in [0.25, 0.3) is 5.91 Å². The third-order valence-corrected chi connectivity index (χ3v) is 2.18. The summed E-state index contributed by atoms with van der Waals surface area (Å²) in [4.78, 5) is 19.5. The van der Waals surface area contributed by atoms with Gasteiger partial charge in [0, 0.05) is 0 Å². The molecule has 6 heteroatoms. The number of hydrogen-bond acceptors (Lipinski definition) is 5. The number of nitrogens with one attached hydrogen (secondary N) is 1. The number of nitrogens with two attached hydrogens (primary N) is 1. The molecule has 0 unspecified atom stereocenters. The molecule has 0 spiro atoms. The number of benzene rings is 1. The molecule has 2 aromatic rings. The van der Waals surface area contributed by atoms with Gasteiger partial charge < -0.3 is 11.1 Å². The Morgan fingerprint density at radius 2 is 2.11 bits per heavy atom. The number of amides is 1. The number of nitrogen functional groups attached to an aromatic ring is 1. The zero-order chi connectivity index (χ0) is 13.0. The molecule has 0 aliphatic rings. The summed E-state index contributed by atoms with van der Waals surface area (Å²) in [5.74, 6) is -0.297. The van der Waals surface area contributed by atoms with Crippen LogP contribution in [0.4, 0.5) is 11.5 Å². The van der Waals surface area contributed by atoms with Crippen molar-refractivity contribution in [2.45, 2.75) is 0 Å². The number of para-hydroxylation sites is 1. The number of nitriles is 1. The summed E-state index contributed by atoms with van der Waals surface area (Å²) < 4.78 is 0. The molecule has 3 N–H and O–H groups in total. The van der Waals surface area contributed by atoms with Crippen LogP contribution >= 0.6 is 0 Å². The average molecular weight is 239 g/mol. The Balaban J connectivity index is 2.25. The average Bonchev–Trinajstić information content (AvgIpc) is 2.39. The predicted octanol–water partition coefficient (Wildman–Crippen LogP) is 1.18. The number of nitrogens with zero attached hydrogens (tertiary/aromatic N) is 3. The molecular weight excluding hydrogens is 230 g/mol. The van der Waals surface area contributed by atoms with Crippen LogP contribution in [0.3, 0.4) is 0 Å². The van der Waals surface area contributed by atoms with Crippen molar-refractivity contribution in [3.63, 3.8) is 0 Å². The van der Waals surface area contributed by atoms with Gasteiger partial charge in [0.05, 0.1) is 23.6 Å². The summed E-state index contributed by atoms with van der Waals surface area (Å²) >= 11 is 0. The Morgan fingerprint density at radius 1 is 1.33 bits per heavy atom. The lowest BCUT2D eigenvalue weighted by Crippen LogP contribution is -2.15. The lowest BCUT2D eigenvalue weighted by molar-refractivity contribution is 0.102. The highest BCUT2D eigenvalue weighted by atomic mass is 16.1. The van der Waals surface area contributed by atoms with Crippen molar-refractivity contribution in [3.05, 3.63) is 47.9 Å². The van der Waals surface area contributed by atoms with Crippen LogP contribution in [0.2, 0.25) is 0 Å². The van der Waals surface area contributed by atoms with E-state index >= 15 is 0 Å². The van der Waals surface area contributed by atoms with E-state index in [9.17, 15) is 4.79 Å². The second kappa shape index (κ2) is 4.93. The van der Waals surface area contributed by atoms with E-state index in [-0.39, 0.29) is 11.5 Å². The lowest BCUT2D eigenvalue weighted by atomic mass is 10.2. The third-order valence-electron chi connectivity index (χ3n) is 2.18. The van der Waals surface area contributed by atoms with Crippen molar-refractivity contribution < 1.29 is 4.79 Å². The Morgan fingerprint density at radius 3 is 2.83 bits per heavy atom. The number of anilines is 2. The summed E-state index contributed by atoms with van der Waals surface area (Å²) in [6.45, 7) is 0. The molecule has 1 aromatic carbocycles. The number of carbonyl (C=O) groups is 1. The molecule has 0 aliphatic heterocycles. The second-order valence-corrected chi connectivity index (χ2v) is 3.44. The SMILES string of the molecule is N#Cc1ccccc1NC(=O)c1cncc(N)n1. The van der Waals surface area contributed by atoms with E-state index in [2.05, 4.69) is 15.3 Å². The molecule has 1 heterocycles. The first-order chi connectivity index (χ1) is 8.70. The molecule has 0 fully saturated rings. The molecule has 0 aliphatic carbocycles. The summed E-state index contributed by atoms with van der Waals surface area (Å²) in [5, 5.41) is 11.5. The molecule has 1 aromatic heterocycles. The van der Waals surface area contributed by atoms with Crippen LogP contribution in [-0.4, -0.2) is 15.9 Å². The van der Waals surface area contributed by atoms with Gasteiger partial charge in [-0.2, -0.15) is 5.26 Å². The normalized spacial score (nSPS) is 9.50.